The molecule has 1 aliphatic rings. The van der Waals surface area contributed by atoms with Crippen LogP contribution in [0.3, 0.4) is 0 Å². The first-order chi connectivity index (χ1) is 10.9. The van der Waals surface area contributed by atoms with Gasteiger partial charge in [-0.25, -0.2) is 0 Å². The Morgan fingerprint density at radius 3 is 2.96 bits per heavy atom. The van der Waals surface area contributed by atoms with Crippen molar-refractivity contribution in [1.82, 2.24) is 5.32 Å². The number of aryl methyl sites for hydroxylation is 1. The fourth-order valence-corrected chi connectivity index (χ4v) is 3.28. The average Bonchev–Trinajstić information content (AvgIpc) is 2.51. The highest BCUT2D eigenvalue weighted by Gasteiger charge is 2.26. The number of carbonyl (C=O) groups is 1. The minimum atomic E-state index is -0.156. The largest absolute Gasteiger partial charge is 0.488 e. The molecule has 1 aromatic rings. The molecule has 23 heavy (non-hydrogen) atoms. The minimum Gasteiger partial charge on any atom is -0.488 e. The van der Waals surface area contributed by atoms with Crippen molar-refractivity contribution < 1.29 is 14.6 Å². The summed E-state index contributed by atoms with van der Waals surface area (Å²) < 4.78 is 5.97. The number of benzene rings is 1. The van der Waals surface area contributed by atoms with Gasteiger partial charge in [-0.3, -0.25) is 4.79 Å². The molecule has 2 rings (SSSR count). The summed E-state index contributed by atoms with van der Waals surface area (Å²) in [6.07, 6.45) is 5.11. The van der Waals surface area contributed by atoms with Gasteiger partial charge in [0, 0.05) is 0 Å². The third-order valence-electron chi connectivity index (χ3n) is 4.13. The van der Waals surface area contributed by atoms with E-state index in [1.54, 1.807) is 11.8 Å². The Hall–Kier alpha value is -1.20. The summed E-state index contributed by atoms with van der Waals surface area (Å²) in [7, 11) is 0. The van der Waals surface area contributed by atoms with Gasteiger partial charge in [0.05, 0.1) is 19.1 Å². The third kappa shape index (κ3) is 5.43. The Labute approximate surface area is 143 Å². The predicted octanol–water partition coefficient (Wildman–Crippen LogP) is 2.56. The molecule has 1 aromatic carbocycles. The molecule has 0 radical (unpaired) electrons. The van der Waals surface area contributed by atoms with Crippen LogP contribution in [0.2, 0.25) is 0 Å². The van der Waals surface area contributed by atoms with Crippen LogP contribution in [0.25, 0.3) is 0 Å². The maximum atomic E-state index is 12.2. The standard InChI is InChI=1S/C18H27NO3S/c1-18(2)8-6-14-10-13(4-5-16(14)22-18)11-17(21)19-15(12-20)7-9-23-3/h4-5,10,15,20H,6-9,11-12H2,1-3H3,(H,19,21)/t15-/m0/s1. The van der Waals surface area contributed by atoms with E-state index in [1.165, 1.54) is 5.56 Å². The smallest absolute Gasteiger partial charge is 0.224 e. The van der Waals surface area contributed by atoms with Crippen molar-refractivity contribution in [2.45, 2.75) is 51.2 Å². The topological polar surface area (TPSA) is 58.6 Å². The van der Waals surface area contributed by atoms with E-state index in [2.05, 4.69) is 25.2 Å². The molecule has 0 fully saturated rings. The molecular weight excluding hydrogens is 310 g/mol. The molecule has 0 bridgehead atoms. The van der Waals surface area contributed by atoms with Gasteiger partial charge in [-0.15, -0.1) is 0 Å². The molecule has 1 amide bonds. The molecule has 0 aromatic heterocycles. The van der Waals surface area contributed by atoms with Gasteiger partial charge in [-0.1, -0.05) is 12.1 Å². The monoisotopic (exact) mass is 337 g/mol. The maximum absolute atomic E-state index is 12.2. The molecule has 0 saturated carbocycles. The summed E-state index contributed by atoms with van der Waals surface area (Å²) in [6.45, 7) is 4.18. The quantitative estimate of drug-likeness (QED) is 0.803. The highest BCUT2D eigenvalue weighted by molar-refractivity contribution is 7.98. The van der Waals surface area contributed by atoms with Gasteiger partial charge in [0.15, 0.2) is 0 Å². The highest BCUT2D eigenvalue weighted by Crippen LogP contribution is 2.33. The number of hydrogen-bond donors (Lipinski definition) is 2. The van der Waals surface area contributed by atoms with Crippen molar-refractivity contribution in [1.29, 1.82) is 0 Å². The number of nitrogens with one attached hydrogen (secondary N) is 1. The van der Waals surface area contributed by atoms with Gasteiger partial charge in [0.1, 0.15) is 11.4 Å². The van der Waals surface area contributed by atoms with Crippen molar-refractivity contribution in [3.05, 3.63) is 29.3 Å². The molecule has 0 spiro atoms. The molecule has 0 saturated heterocycles. The van der Waals surface area contributed by atoms with Crippen molar-refractivity contribution in [3.8, 4) is 5.75 Å². The summed E-state index contributed by atoms with van der Waals surface area (Å²) in [5, 5.41) is 12.2. The summed E-state index contributed by atoms with van der Waals surface area (Å²) in [4.78, 5) is 12.2. The van der Waals surface area contributed by atoms with Crippen LogP contribution in [0, 0.1) is 0 Å². The lowest BCUT2D eigenvalue weighted by Crippen LogP contribution is -2.38. The first-order valence-corrected chi connectivity index (χ1v) is 9.53. The number of thioether (sulfide) groups is 1. The number of carbonyl (C=O) groups excluding carboxylic acids is 1. The minimum absolute atomic E-state index is 0.0145. The number of aliphatic hydroxyl groups excluding tert-OH is 1. The van der Waals surface area contributed by atoms with Crippen LogP contribution in [0.4, 0.5) is 0 Å². The number of fused-ring (bicyclic) bond motifs is 1. The van der Waals surface area contributed by atoms with Gasteiger partial charge >= 0.3 is 0 Å². The van der Waals surface area contributed by atoms with E-state index in [-0.39, 0.29) is 24.2 Å². The average molecular weight is 337 g/mol. The SMILES string of the molecule is CSCC[C@@H](CO)NC(=O)Cc1ccc2c(c1)CCC(C)(C)O2. The van der Waals surface area contributed by atoms with E-state index in [1.807, 2.05) is 18.4 Å². The molecular formula is C18H27NO3S. The summed E-state index contributed by atoms with van der Waals surface area (Å²) in [5.41, 5.74) is 2.05. The Morgan fingerprint density at radius 1 is 1.48 bits per heavy atom. The van der Waals surface area contributed by atoms with Crippen LogP contribution in [-0.2, 0) is 17.6 Å². The lowest BCUT2D eigenvalue weighted by molar-refractivity contribution is -0.121. The third-order valence-corrected chi connectivity index (χ3v) is 4.77. The molecule has 0 aliphatic carbocycles. The Morgan fingerprint density at radius 2 is 2.26 bits per heavy atom. The second kappa shape index (κ2) is 8.06. The summed E-state index contributed by atoms with van der Waals surface area (Å²) in [6, 6.07) is 5.84. The molecule has 5 heteroatoms. The van der Waals surface area contributed by atoms with Gasteiger partial charge in [-0.05, 0) is 62.3 Å². The molecule has 1 atom stereocenters. The zero-order valence-corrected chi connectivity index (χ0v) is 15.0. The van der Waals surface area contributed by atoms with Crippen LogP contribution in [-0.4, -0.2) is 41.3 Å². The lowest BCUT2D eigenvalue weighted by Gasteiger charge is -2.32. The summed E-state index contributed by atoms with van der Waals surface area (Å²) >= 11 is 1.72. The number of hydrogen-bond acceptors (Lipinski definition) is 4. The van der Waals surface area contributed by atoms with Crippen LogP contribution in [0.5, 0.6) is 5.75 Å². The van der Waals surface area contributed by atoms with Crippen molar-refractivity contribution in [2.75, 3.05) is 18.6 Å². The van der Waals surface area contributed by atoms with E-state index in [4.69, 9.17) is 4.74 Å². The lowest BCUT2D eigenvalue weighted by atomic mass is 9.93. The molecule has 128 valence electrons. The molecule has 1 aliphatic heterocycles. The number of rotatable bonds is 7. The second-order valence-electron chi connectivity index (χ2n) is 6.71. The number of ether oxygens (including phenoxy) is 1. The van der Waals surface area contributed by atoms with Crippen LogP contribution < -0.4 is 10.1 Å². The normalized spacial score (nSPS) is 17.0. The van der Waals surface area contributed by atoms with Gasteiger partial charge in [-0.2, -0.15) is 11.8 Å². The zero-order chi connectivity index (χ0) is 16.9. The van der Waals surface area contributed by atoms with Crippen LogP contribution >= 0.6 is 11.8 Å². The zero-order valence-electron chi connectivity index (χ0n) is 14.2. The summed E-state index contributed by atoms with van der Waals surface area (Å²) in [5.74, 6) is 1.82. The molecule has 4 nitrogen and oxygen atoms in total. The Bertz CT molecular complexity index is 545. The molecule has 0 unspecified atom stereocenters. The fraction of sp³-hybridized carbons (Fsp3) is 0.611. The van der Waals surface area contributed by atoms with E-state index >= 15 is 0 Å². The van der Waals surface area contributed by atoms with E-state index in [0.717, 1.165) is 36.3 Å². The predicted molar refractivity (Wildman–Crippen MR) is 95.2 cm³/mol. The second-order valence-corrected chi connectivity index (χ2v) is 7.69. The van der Waals surface area contributed by atoms with Gasteiger partial charge in [0.2, 0.25) is 5.91 Å². The fourth-order valence-electron chi connectivity index (χ4n) is 2.76. The van der Waals surface area contributed by atoms with Gasteiger partial charge < -0.3 is 15.2 Å². The first kappa shape index (κ1) is 18.1. The first-order valence-electron chi connectivity index (χ1n) is 8.13. The highest BCUT2D eigenvalue weighted by atomic mass is 32.2. The van der Waals surface area contributed by atoms with Crippen molar-refractivity contribution in [2.24, 2.45) is 0 Å². The Kier molecular flexibility index (Phi) is 6.36. The number of amides is 1. The molecule has 2 N–H and O–H groups in total. The van der Waals surface area contributed by atoms with E-state index < -0.39 is 0 Å². The van der Waals surface area contributed by atoms with Crippen molar-refractivity contribution >= 4 is 17.7 Å². The van der Waals surface area contributed by atoms with Crippen LogP contribution in [0.1, 0.15) is 37.8 Å². The van der Waals surface area contributed by atoms with Crippen molar-refractivity contribution in [3.63, 3.8) is 0 Å². The van der Waals surface area contributed by atoms with Crippen LogP contribution in [0.15, 0.2) is 18.2 Å². The maximum Gasteiger partial charge on any atom is 0.224 e. The van der Waals surface area contributed by atoms with E-state index in [0.29, 0.717) is 6.42 Å². The van der Waals surface area contributed by atoms with E-state index in [9.17, 15) is 9.90 Å². The Balaban J connectivity index is 1.94. The molecule has 1 heterocycles. The van der Waals surface area contributed by atoms with Gasteiger partial charge in [0.25, 0.3) is 0 Å². The number of aliphatic hydroxyl groups is 1.